The van der Waals surface area contributed by atoms with Crippen LogP contribution in [-0.2, 0) is 20.8 Å². The molecule has 13 N–H and O–H groups in total. The van der Waals surface area contributed by atoms with E-state index in [1.54, 1.807) is 7.11 Å². The van der Waals surface area contributed by atoms with Crippen LogP contribution in [-0.4, -0.2) is 73.1 Å². The van der Waals surface area contributed by atoms with Crippen molar-refractivity contribution in [1.29, 1.82) is 0 Å². The zero-order valence-electron chi connectivity index (χ0n) is 23.2. The van der Waals surface area contributed by atoms with Gasteiger partial charge in [0.15, 0.2) is 11.9 Å². The van der Waals surface area contributed by atoms with Crippen LogP contribution in [0, 0.1) is 0 Å². The molecular formula is C27H41N9O5. The van der Waals surface area contributed by atoms with E-state index in [1.165, 1.54) is 0 Å². The number of carbonyl (C=O) groups is 3. The van der Waals surface area contributed by atoms with E-state index in [2.05, 4.69) is 20.6 Å². The molecule has 2 aromatic carbocycles. The lowest BCUT2D eigenvalue weighted by Gasteiger charge is -2.23. The van der Waals surface area contributed by atoms with E-state index in [1.807, 2.05) is 36.4 Å². The molecule has 0 radical (unpaired) electrons. The molecule has 0 spiro atoms. The van der Waals surface area contributed by atoms with Gasteiger partial charge in [0, 0.05) is 13.1 Å². The number of nitrogens with zero attached hydrogens (tertiary/aromatic N) is 2. The van der Waals surface area contributed by atoms with Crippen molar-refractivity contribution < 1.29 is 24.2 Å². The molecule has 0 fully saturated rings. The molecule has 2 amide bonds. The number of guanidine groups is 2. The molecule has 41 heavy (non-hydrogen) atoms. The molecular weight excluding hydrogens is 530 g/mol. The number of ether oxygens (including phenoxy) is 1. The van der Waals surface area contributed by atoms with Crippen LogP contribution in [0.5, 0.6) is 5.75 Å². The zero-order chi connectivity index (χ0) is 30.4. The number of amides is 2. The molecule has 0 saturated heterocycles. The second-order valence-electron chi connectivity index (χ2n) is 9.55. The Kier molecular flexibility index (Phi) is 13.1. The summed E-state index contributed by atoms with van der Waals surface area (Å²) in [6.45, 7) is 0.520. The van der Waals surface area contributed by atoms with Crippen molar-refractivity contribution in [1.82, 2.24) is 10.6 Å². The Labute approximate surface area is 238 Å². The van der Waals surface area contributed by atoms with Crippen LogP contribution in [0.4, 0.5) is 0 Å². The van der Waals surface area contributed by atoms with E-state index < -0.39 is 35.9 Å². The van der Waals surface area contributed by atoms with Crippen molar-refractivity contribution in [3.63, 3.8) is 0 Å². The SMILES string of the molecule is COc1ccc2cc(CC[C@H](NC(=O)[C@H](N)CCCN=C(N)N)C(=O)N[C@H](CCCN=C(N)N)C(=O)O)ccc2c1. The summed E-state index contributed by atoms with van der Waals surface area (Å²) in [5, 5.41) is 16.8. The molecule has 14 nitrogen and oxygen atoms in total. The largest absolute Gasteiger partial charge is 0.497 e. The van der Waals surface area contributed by atoms with Crippen LogP contribution >= 0.6 is 0 Å². The van der Waals surface area contributed by atoms with E-state index in [0.29, 0.717) is 25.8 Å². The molecule has 2 rings (SSSR count). The lowest BCUT2D eigenvalue weighted by Crippen LogP contribution is -2.54. The average Bonchev–Trinajstić information content (AvgIpc) is 2.93. The molecule has 0 heterocycles. The van der Waals surface area contributed by atoms with Crippen molar-refractivity contribution in [2.75, 3.05) is 20.2 Å². The maximum atomic E-state index is 13.2. The number of hydrogen-bond acceptors (Lipinski definition) is 7. The van der Waals surface area contributed by atoms with Crippen LogP contribution in [0.3, 0.4) is 0 Å². The Hall–Kier alpha value is -4.59. The van der Waals surface area contributed by atoms with Gasteiger partial charge in [-0.15, -0.1) is 0 Å². The van der Waals surface area contributed by atoms with E-state index in [-0.39, 0.29) is 37.7 Å². The van der Waals surface area contributed by atoms with Gasteiger partial charge < -0.3 is 49.1 Å². The van der Waals surface area contributed by atoms with Gasteiger partial charge in [-0.05, 0) is 67.0 Å². The third kappa shape index (κ3) is 11.6. The predicted molar refractivity (Wildman–Crippen MR) is 158 cm³/mol. The number of aliphatic imine (C=N–C) groups is 2. The Morgan fingerprint density at radius 2 is 1.41 bits per heavy atom. The van der Waals surface area contributed by atoms with Crippen molar-refractivity contribution >= 4 is 40.5 Å². The van der Waals surface area contributed by atoms with Gasteiger partial charge in [-0.2, -0.15) is 0 Å². The van der Waals surface area contributed by atoms with Gasteiger partial charge in [0.1, 0.15) is 17.8 Å². The summed E-state index contributed by atoms with van der Waals surface area (Å²) in [5.41, 5.74) is 28.2. The van der Waals surface area contributed by atoms with Gasteiger partial charge in [0.2, 0.25) is 11.8 Å². The van der Waals surface area contributed by atoms with Gasteiger partial charge in [-0.25, -0.2) is 4.79 Å². The highest BCUT2D eigenvalue weighted by atomic mass is 16.5. The first kappa shape index (κ1) is 32.6. The van der Waals surface area contributed by atoms with E-state index in [9.17, 15) is 19.5 Å². The summed E-state index contributed by atoms with van der Waals surface area (Å²) in [6.07, 6.45) is 1.81. The third-order valence-electron chi connectivity index (χ3n) is 6.33. The molecule has 224 valence electrons. The number of aryl methyl sites for hydroxylation is 1. The lowest BCUT2D eigenvalue weighted by atomic mass is 10.00. The Morgan fingerprint density at radius 1 is 0.829 bits per heavy atom. The van der Waals surface area contributed by atoms with Crippen molar-refractivity contribution in [3.8, 4) is 5.75 Å². The van der Waals surface area contributed by atoms with Gasteiger partial charge in [0.05, 0.1) is 13.2 Å². The molecule has 0 aromatic heterocycles. The van der Waals surface area contributed by atoms with Crippen LogP contribution < -0.4 is 44.0 Å². The molecule has 0 saturated carbocycles. The number of rotatable bonds is 17. The molecule has 0 bridgehead atoms. The first-order chi connectivity index (χ1) is 19.5. The zero-order valence-corrected chi connectivity index (χ0v) is 23.2. The number of aliphatic carboxylic acids is 1. The van der Waals surface area contributed by atoms with Gasteiger partial charge in [-0.3, -0.25) is 19.6 Å². The topological polar surface area (TPSA) is 260 Å². The first-order valence-electron chi connectivity index (χ1n) is 13.3. The number of nitrogens with two attached hydrogens (primary N) is 5. The first-order valence-corrected chi connectivity index (χ1v) is 13.3. The lowest BCUT2D eigenvalue weighted by molar-refractivity contribution is -0.142. The van der Waals surface area contributed by atoms with Gasteiger partial charge in [-0.1, -0.05) is 24.3 Å². The van der Waals surface area contributed by atoms with Crippen molar-refractivity contribution in [2.45, 2.75) is 56.7 Å². The summed E-state index contributed by atoms with van der Waals surface area (Å²) in [7, 11) is 1.60. The number of carboxylic acid groups (broad SMARTS) is 1. The summed E-state index contributed by atoms with van der Waals surface area (Å²) in [5.74, 6) is -1.81. The van der Waals surface area contributed by atoms with Crippen molar-refractivity contribution in [2.24, 2.45) is 38.7 Å². The fourth-order valence-electron chi connectivity index (χ4n) is 4.10. The molecule has 2 aromatic rings. The minimum Gasteiger partial charge on any atom is -0.497 e. The Bertz CT molecular complexity index is 1240. The second-order valence-corrected chi connectivity index (χ2v) is 9.55. The average molecular weight is 572 g/mol. The minimum absolute atomic E-state index is 0.0566. The summed E-state index contributed by atoms with van der Waals surface area (Å²) in [6, 6.07) is 8.44. The number of methoxy groups -OCH3 is 1. The quantitative estimate of drug-likeness (QED) is 0.0670. The van der Waals surface area contributed by atoms with E-state index in [0.717, 1.165) is 22.1 Å². The van der Waals surface area contributed by atoms with Crippen LogP contribution in [0.2, 0.25) is 0 Å². The maximum Gasteiger partial charge on any atom is 0.326 e. The molecule has 0 aliphatic rings. The van der Waals surface area contributed by atoms with E-state index in [4.69, 9.17) is 33.4 Å². The number of hydrogen-bond donors (Lipinski definition) is 8. The second kappa shape index (κ2) is 16.5. The minimum atomic E-state index is -1.21. The molecule has 14 heteroatoms. The maximum absolute atomic E-state index is 13.2. The van der Waals surface area contributed by atoms with Gasteiger partial charge in [0.25, 0.3) is 0 Å². The summed E-state index contributed by atoms with van der Waals surface area (Å²) < 4.78 is 5.27. The Morgan fingerprint density at radius 3 is 2.02 bits per heavy atom. The number of nitrogens with one attached hydrogen (secondary N) is 2. The third-order valence-corrected chi connectivity index (χ3v) is 6.33. The highest BCUT2D eigenvalue weighted by Crippen LogP contribution is 2.22. The molecule has 0 aliphatic carbocycles. The monoisotopic (exact) mass is 571 g/mol. The Balaban J connectivity index is 2.14. The number of fused-ring (bicyclic) bond motifs is 1. The normalized spacial score (nSPS) is 12.9. The van der Waals surface area contributed by atoms with Gasteiger partial charge >= 0.3 is 5.97 Å². The number of carboxylic acids is 1. The number of carbonyl (C=O) groups excluding carboxylic acids is 2. The van der Waals surface area contributed by atoms with E-state index >= 15 is 0 Å². The van der Waals surface area contributed by atoms with Crippen LogP contribution in [0.1, 0.15) is 37.7 Å². The molecule has 0 aliphatic heterocycles. The van der Waals surface area contributed by atoms with Crippen LogP contribution in [0.25, 0.3) is 10.8 Å². The predicted octanol–water partition coefficient (Wildman–Crippen LogP) is -0.730. The molecule has 3 atom stereocenters. The highest BCUT2D eigenvalue weighted by Gasteiger charge is 2.27. The van der Waals surface area contributed by atoms with Crippen molar-refractivity contribution in [3.05, 3.63) is 42.0 Å². The number of benzene rings is 2. The van der Waals surface area contributed by atoms with Crippen LogP contribution in [0.15, 0.2) is 46.4 Å². The highest BCUT2D eigenvalue weighted by molar-refractivity contribution is 5.92. The standard InChI is InChI=1S/C27H41N9O5/c1-41-19-10-9-17-14-16(6-8-18(17)15-19)7-11-21(35-23(37)20(28)4-2-12-33-26(29)30)24(38)36-22(25(39)40)5-3-13-34-27(31)32/h6,8-10,14-15,20-22H,2-5,7,11-13,28H2,1H3,(H,35,37)(H,36,38)(H,39,40)(H4,29,30,33)(H4,31,32,34)/t20-,21+,22-/m1/s1. The molecule has 0 unspecified atom stereocenters. The summed E-state index contributed by atoms with van der Waals surface area (Å²) >= 11 is 0. The summed E-state index contributed by atoms with van der Waals surface area (Å²) in [4.78, 5) is 45.6. The fraction of sp³-hybridized carbons (Fsp3) is 0.444. The fourth-order valence-corrected chi connectivity index (χ4v) is 4.10. The smallest absolute Gasteiger partial charge is 0.326 e.